The third-order valence-electron chi connectivity index (χ3n) is 9.74. The number of nitrogens with one attached hydrogen (secondary N) is 3. The molecule has 2 amide bonds. The van der Waals surface area contributed by atoms with Gasteiger partial charge < -0.3 is 42.6 Å². The topological polar surface area (TPSA) is 270 Å². The summed E-state index contributed by atoms with van der Waals surface area (Å²) in [4.78, 5) is 56.3. The maximum atomic E-state index is 13.3. The van der Waals surface area contributed by atoms with E-state index in [0.29, 0.717) is 27.9 Å². The van der Waals surface area contributed by atoms with E-state index in [1.165, 1.54) is 36.9 Å². The van der Waals surface area contributed by atoms with Crippen LogP contribution in [0.3, 0.4) is 0 Å². The number of benzene rings is 4. The zero-order valence-corrected chi connectivity index (χ0v) is 39.2. The van der Waals surface area contributed by atoms with E-state index in [9.17, 15) is 35.9 Å². The lowest BCUT2D eigenvalue weighted by Gasteiger charge is -2.15. The first-order valence-corrected chi connectivity index (χ1v) is 21.0. The summed E-state index contributed by atoms with van der Waals surface area (Å²) in [6.45, 7) is 3.58. The predicted molar refractivity (Wildman–Crippen MR) is 256 cm³/mol. The van der Waals surface area contributed by atoms with Gasteiger partial charge in [-0.3, -0.25) is 9.59 Å². The molecule has 18 nitrogen and oxygen atoms in total. The number of anilines is 7. The molecule has 8 aromatic rings. The number of halogens is 9. The number of carbonyl (C=O) groups excluding carboxylic acids is 2. The van der Waals surface area contributed by atoms with Crippen LogP contribution in [0, 0.1) is 13.8 Å². The van der Waals surface area contributed by atoms with Crippen molar-refractivity contribution in [1.29, 1.82) is 0 Å². The standard InChI is InChI=1S/C22H17ClF3N7O2.C16H15F3N2O2.C6H3Cl2N5/c1-10-3-4-11(20(34)30-12-5-6-15(35-2)13(8-12)22(24,25)26)7-14(10)31-19-17-16(28-9-29-19)18(27)33-21(23)32-17;1-9-3-4-10(7-13(9)20)15(22)21-11-5-6-14(23-2)12(8-11)16(17,18)19;7-4-2-3(10-1-11-4)5(9)13-6(8)12-2/h3-9H,1-2H3,(H,30,34)(H2,27,32,33)(H,28,29,31);3-8H,20H2,1-2H3,(H,21,22);1H,(H2,9,12,13). The highest BCUT2D eigenvalue weighted by Gasteiger charge is 2.36. The second-order valence-corrected chi connectivity index (χ2v) is 15.5. The summed E-state index contributed by atoms with van der Waals surface area (Å²) in [5.41, 5.74) is 19.4. The fourth-order valence-electron chi connectivity index (χ4n) is 6.17. The molecule has 27 heteroatoms. The van der Waals surface area contributed by atoms with E-state index in [4.69, 9.17) is 61.5 Å². The molecule has 0 aliphatic heterocycles. The number of nitrogen functional groups attached to an aromatic ring is 3. The van der Waals surface area contributed by atoms with Gasteiger partial charge >= 0.3 is 12.4 Å². The van der Waals surface area contributed by atoms with Gasteiger partial charge in [0.25, 0.3) is 11.8 Å². The van der Waals surface area contributed by atoms with E-state index in [-0.39, 0.29) is 72.7 Å². The number of methoxy groups -OCH3 is 2. The number of rotatable bonds is 8. The molecule has 0 saturated carbocycles. The van der Waals surface area contributed by atoms with E-state index in [2.05, 4.69) is 55.8 Å². The van der Waals surface area contributed by atoms with Crippen molar-refractivity contribution in [3.8, 4) is 11.5 Å². The molecule has 4 aromatic heterocycles. The summed E-state index contributed by atoms with van der Waals surface area (Å²) in [7, 11) is 2.29. The second kappa shape index (κ2) is 21.7. The number of aromatic nitrogens is 8. The van der Waals surface area contributed by atoms with Crippen LogP contribution in [0.15, 0.2) is 85.5 Å². The number of hydrogen-bond donors (Lipinski definition) is 6. The van der Waals surface area contributed by atoms with E-state index in [0.717, 1.165) is 49.6 Å². The highest BCUT2D eigenvalue weighted by molar-refractivity contribution is 6.34. The summed E-state index contributed by atoms with van der Waals surface area (Å²) in [6, 6.07) is 16.0. The van der Waals surface area contributed by atoms with Gasteiger partial charge in [-0.25, -0.2) is 29.9 Å². The molecule has 0 saturated heterocycles. The van der Waals surface area contributed by atoms with Crippen molar-refractivity contribution in [3.63, 3.8) is 0 Å². The summed E-state index contributed by atoms with van der Waals surface area (Å²) < 4.78 is 88.3. The third-order valence-corrected chi connectivity index (χ3v) is 10.4. The van der Waals surface area contributed by atoms with Gasteiger partial charge in [0.05, 0.1) is 25.3 Å². The number of amides is 2. The monoisotopic (exact) mass is 1040 g/mol. The summed E-state index contributed by atoms with van der Waals surface area (Å²) >= 11 is 17.2. The van der Waals surface area contributed by atoms with Gasteiger partial charge in [0.1, 0.15) is 46.2 Å². The van der Waals surface area contributed by atoms with Crippen molar-refractivity contribution in [1.82, 2.24) is 39.9 Å². The lowest BCUT2D eigenvalue weighted by atomic mass is 10.1. The van der Waals surface area contributed by atoms with E-state index in [1.807, 2.05) is 0 Å². The Bertz CT molecular complexity index is 3320. The minimum Gasteiger partial charge on any atom is -0.496 e. The molecule has 0 unspecified atom stereocenters. The van der Waals surface area contributed by atoms with Gasteiger partial charge in [-0.15, -0.1) is 0 Å². The van der Waals surface area contributed by atoms with Gasteiger partial charge in [-0.1, -0.05) is 23.7 Å². The fourth-order valence-corrected chi connectivity index (χ4v) is 6.70. The molecule has 71 heavy (non-hydrogen) atoms. The van der Waals surface area contributed by atoms with Crippen molar-refractivity contribution in [2.24, 2.45) is 0 Å². The number of ether oxygens (including phenoxy) is 2. The molecule has 0 fully saturated rings. The Labute approximate surface area is 412 Å². The summed E-state index contributed by atoms with van der Waals surface area (Å²) in [5, 5.41) is 8.12. The molecule has 0 atom stereocenters. The first-order valence-electron chi connectivity index (χ1n) is 19.9. The van der Waals surface area contributed by atoms with Crippen molar-refractivity contribution < 1.29 is 45.4 Å². The first kappa shape index (κ1) is 52.3. The first-order chi connectivity index (χ1) is 33.5. The van der Waals surface area contributed by atoms with Crippen LogP contribution in [0.25, 0.3) is 22.1 Å². The van der Waals surface area contributed by atoms with Crippen LogP contribution >= 0.6 is 34.8 Å². The number of carbonyl (C=O) groups is 2. The Morgan fingerprint density at radius 2 is 1.03 bits per heavy atom. The Morgan fingerprint density at radius 1 is 0.563 bits per heavy atom. The molecule has 0 spiro atoms. The highest BCUT2D eigenvalue weighted by Crippen LogP contribution is 2.39. The molecule has 368 valence electrons. The molecule has 0 bridgehead atoms. The largest absolute Gasteiger partial charge is 0.496 e. The highest BCUT2D eigenvalue weighted by atomic mass is 35.5. The fraction of sp³-hybridized carbons (Fsp3) is 0.136. The zero-order valence-electron chi connectivity index (χ0n) is 36.9. The van der Waals surface area contributed by atoms with Gasteiger partial charge in [0, 0.05) is 33.9 Å². The predicted octanol–water partition coefficient (Wildman–Crippen LogP) is 10.2. The smallest absolute Gasteiger partial charge is 0.420 e. The maximum absolute atomic E-state index is 13.3. The van der Waals surface area contributed by atoms with Crippen LogP contribution in [-0.2, 0) is 12.4 Å². The van der Waals surface area contributed by atoms with Crippen molar-refractivity contribution in [2.75, 3.05) is 47.4 Å². The van der Waals surface area contributed by atoms with Crippen LogP contribution in [0.4, 0.5) is 66.5 Å². The summed E-state index contributed by atoms with van der Waals surface area (Å²) in [5.74, 6) is -1.28. The molecule has 0 aliphatic carbocycles. The van der Waals surface area contributed by atoms with Crippen LogP contribution in [-0.4, -0.2) is 65.9 Å². The van der Waals surface area contributed by atoms with Gasteiger partial charge in [-0.05, 0) is 109 Å². The molecular formula is C44H35Cl3F6N14O4. The molecule has 4 aromatic carbocycles. The number of fused-ring (bicyclic) bond motifs is 2. The molecule has 0 radical (unpaired) electrons. The van der Waals surface area contributed by atoms with Gasteiger partial charge in [0.15, 0.2) is 22.6 Å². The SMILES string of the molecule is COc1ccc(NC(=O)c2ccc(C)c(N)c2)cc1C(F)(F)F.COc1ccc(NC(=O)c2ccc(C)c(Nc3ncnc4c(N)nc(Cl)nc34)c2)cc1C(F)(F)F.Nc1nc(Cl)nc2c(Cl)ncnc12. The lowest BCUT2D eigenvalue weighted by molar-refractivity contribution is -0.139. The average molecular weight is 1040 g/mol. The molecule has 0 aliphatic rings. The Morgan fingerprint density at radius 3 is 1.52 bits per heavy atom. The van der Waals surface area contributed by atoms with Crippen LogP contribution < -0.4 is 42.6 Å². The number of nitrogens with zero attached hydrogens (tertiary/aromatic N) is 8. The van der Waals surface area contributed by atoms with Crippen LogP contribution in [0.2, 0.25) is 15.7 Å². The number of nitrogens with two attached hydrogens (primary N) is 3. The van der Waals surface area contributed by atoms with Crippen molar-refractivity contribution in [3.05, 3.63) is 135 Å². The van der Waals surface area contributed by atoms with Crippen molar-refractivity contribution >= 4 is 109 Å². The minimum atomic E-state index is -4.65. The van der Waals surface area contributed by atoms with Crippen molar-refractivity contribution in [2.45, 2.75) is 26.2 Å². The molecule has 8 rings (SSSR count). The van der Waals surface area contributed by atoms with Crippen LogP contribution in [0.1, 0.15) is 43.0 Å². The second-order valence-electron chi connectivity index (χ2n) is 14.5. The summed E-state index contributed by atoms with van der Waals surface area (Å²) in [6.07, 6.45) is -6.67. The molecule has 9 N–H and O–H groups in total. The Hall–Kier alpha value is -8.09. The normalized spacial score (nSPS) is 11.2. The van der Waals surface area contributed by atoms with E-state index >= 15 is 0 Å². The molecular weight excluding hydrogens is 1010 g/mol. The van der Waals surface area contributed by atoms with Crippen LogP contribution in [0.5, 0.6) is 11.5 Å². The van der Waals surface area contributed by atoms with E-state index < -0.39 is 35.3 Å². The number of hydrogen-bond acceptors (Lipinski definition) is 16. The van der Waals surface area contributed by atoms with Gasteiger partial charge in [0.2, 0.25) is 10.6 Å². The number of alkyl halides is 6. The quantitative estimate of drug-likeness (QED) is 0.0357. The number of aryl methyl sites for hydroxylation is 2. The minimum absolute atomic E-state index is 0.0160. The Balaban J connectivity index is 0.000000195. The van der Waals surface area contributed by atoms with Gasteiger partial charge in [-0.2, -0.15) is 36.3 Å². The third kappa shape index (κ3) is 12.8. The Kier molecular flexibility index (Phi) is 16.0. The molecule has 4 heterocycles. The lowest BCUT2D eigenvalue weighted by Crippen LogP contribution is -2.14. The van der Waals surface area contributed by atoms with E-state index in [1.54, 1.807) is 38.1 Å². The maximum Gasteiger partial charge on any atom is 0.420 e. The zero-order chi connectivity index (χ0) is 51.9. The average Bonchev–Trinajstić information content (AvgIpc) is 3.31.